The van der Waals surface area contributed by atoms with Crippen LogP contribution >= 0.6 is 0 Å². The van der Waals surface area contributed by atoms with Crippen LogP contribution in [0.25, 0.3) is 0 Å². The molecule has 7 heteroatoms. The molecule has 0 saturated heterocycles. The van der Waals surface area contributed by atoms with Crippen LogP contribution in [0.1, 0.15) is 23.8 Å². The first-order valence-corrected chi connectivity index (χ1v) is 7.55. The van der Waals surface area contributed by atoms with Crippen molar-refractivity contribution in [3.8, 4) is 11.5 Å². The number of ether oxygens (including phenoxy) is 2. The van der Waals surface area contributed by atoms with Gasteiger partial charge in [0.15, 0.2) is 23.0 Å². The largest absolute Gasteiger partial charge is 0.486 e. The van der Waals surface area contributed by atoms with E-state index in [2.05, 4.69) is 20.8 Å². The van der Waals surface area contributed by atoms with Crippen molar-refractivity contribution in [2.45, 2.75) is 13.3 Å². The van der Waals surface area contributed by atoms with Crippen LogP contribution in [0, 0.1) is 0 Å². The van der Waals surface area contributed by atoms with Crippen molar-refractivity contribution < 1.29 is 14.3 Å². The van der Waals surface area contributed by atoms with Gasteiger partial charge in [0.05, 0.1) is 0 Å². The summed E-state index contributed by atoms with van der Waals surface area (Å²) < 4.78 is 11.0. The van der Waals surface area contributed by atoms with E-state index in [1.165, 1.54) is 0 Å². The number of hydrogen-bond acceptors (Lipinski definition) is 6. The van der Waals surface area contributed by atoms with Gasteiger partial charge >= 0.3 is 0 Å². The van der Waals surface area contributed by atoms with Crippen molar-refractivity contribution in [1.29, 1.82) is 0 Å². The van der Waals surface area contributed by atoms with Gasteiger partial charge in [-0.25, -0.2) is 0 Å². The zero-order chi connectivity index (χ0) is 16.1. The van der Waals surface area contributed by atoms with Gasteiger partial charge in [-0.1, -0.05) is 6.92 Å². The van der Waals surface area contributed by atoms with Gasteiger partial charge in [0.2, 0.25) is 0 Å². The summed E-state index contributed by atoms with van der Waals surface area (Å²) in [5, 5.41) is 13.8. The second-order valence-electron chi connectivity index (χ2n) is 5.04. The topological polar surface area (TPSA) is 85.4 Å². The molecule has 1 aliphatic rings. The first-order valence-electron chi connectivity index (χ1n) is 7.55. The average Bonchev–Trinajstić information content (AvgIpc) is 2.60. The molecule has 0 saturated carbocycles. The van der Waals surface area contributed by atoms with E-state index in [0.29, 0.717) is 37.0 Å². The highest BCUT2D eigenvalue weighted by atomic mass is 16.6. The zero-order valence-corrected chi connectivity index (χ0v) is 12.8. The van der Waals surface area contributed by atoms with E-state index in [1.54, 1.807) is 12.1 Å². The monoisotopic (exact) mass is 314 g/mol. The maximum atomic E-state index is 11.8. The lowest BCUT2D eigenvalue weighted by Gasteiger charge is -2.19. The smallest absolute Gasteiger partial charge is 0.271 e. The fourth-order valence-electron chi connectivity index (χ4n) is 2.12. The Bertz CT molecular complexity index is 688. The van der Waals surface area contributed by atoms with E-state index >= 15 is 0 Å². The van der Waals surface area contributed by atoms with Crippen LogP contribution in [-0.4, -0.2) is 35.9 Å². The second kappa shape index (κ2) is 6.95. The summed E-state index contributed by atoms with van der Waals surface area (Å²) in [5.74, 6) is 1.76. The molecule has 0 bridgehead atoms. The Kier molecular flexibility index (Phi) is 4.56. The highest BCUT2D eigenvalue weighted by Crippen LogP contribution is 2.33. The molecule has 1 amide bonds. The van der Waals surface area contributed by atoms with Crippen molar-refractivity contribution >= 4 is 17.4 Å². The fraction of sp³-hybridized carbons (Fsp3) is 0.312. The number of nitrogens with zero attached hydrogens (tertiary/aromatic N) is 2. The lowest BCUT2D eigenvalue weighted by molar-refractivity contribution is 0.0947. The molecule has 7 nitrogen and oxygen atoms in total. The van der Waals surface area contributed by atoms with Crippen molar-refractivity contribution in [2.24, 2.45) is 0 Å². The van der Waals surface area contributed by atoms with E-state index in [1.807, 2.05) is 25.1 Å². The predicted octanol–water partition coefficient (Wildman–Crippen LogP) is 2.13. The normalized spacial score (nSPS) is 12.6. The first kappa shape index (κ1) is 15.1. The third-order valence-electron chi connectivity index (χ3n) is 3.25. The number of nitrogens with one attached hydrogen (secondary N) is 2. The molecule has 3 rings (SSSR count). The van der Waals surface area contributed by atoms with E-state index in [9.17, 15) is 4.79 Å². The number of carbonyl (C=O) groups is 1. The maximum absolute atomic E-state index is 11.8. The second-order valence-corrected chi connectivity index (χ2v) is 5.04. The maximum Gasteiger partial charge on any atom is 0.271 e. The summed E-state index contributed by atoms with van der Waals surface area (Å²) in [6.07, 6.45) is 0.878. The fourth-order valence-corrected chi connectivity index (χ4v) is 2.12. The number of hydrogen-bond donors (Lipinski definition) is 2. The van der Waals surface area contributed by atoms with Gasteiger partial charge in [-0.15, -0.1) is 10.2 Å². The molecule has 0 radical (unpaired) electrons. The minimum atomic E-state index is -0.217. The van der Waals surface area contributed by atoms with Gasteiger partial charge in [-0.2, -0.15) is 0 Å². The molecule has 1 aromatic carbocycles. The van der Waals surface area contributed by atoms with Crippen molar-refractivity contribution in [3.63, 3.8) is 0 Å². The summed E-state index contributed by atoms with van der Waals surface area (Å²) in [7, 11) is 0. The van der Waals surface area contributed by atoms with Gasteiger partial charge < -0.3 is 20.1 Å². The summed E-state index contributed by atoms with van der Waals surface area (Å²) in [6.45, 7) is 3.72. The highest BCUT2D eigenvalue weighted by molar-refractivity contribution is 5.92. The van der Waals surface area contributed by atoms with E-state index in [-0.39, 0.29) is 5.91 Å². The molecule has 0 unspecified atom stereocenters. The molecule has 2 aromatic rings. The summed E-state index contributed by atoms with van der Waals surface area (Å²) >= 11 is 0. The van der Waals surface area contributed by atoms with E-state index < -0.39 is 0 Å². The molecule has 23 heavy (non-hydrogen) atoms. The average molecular weight is 314 g/mol. The Morgan fingerprint density at radius 3 is 2.70 bits per heavy atom. The van der Waals surface area contributed by atoms with Crippen molar-refractivity contribution in [1.82, 2.24) is 15.5 Å². The Labute approximate surface area is 134 Å². The number of carbonyl (C=O) groups excluding carboxylic acids is 1. The van der Waals surface area contributed by atoms with Crippen LogP contribution < -0.4 is 20.1 Å². The van der Waals surface area contributed by atoms with Gasteiger partial charge in [-0.3, -0.25) is 4.79 Å². The van der Waals surface area contributed by atoms with Crippen molar-refractivity contribution in [3.05, 3.63) is 36.0 Å². The van der Waals surface area contributed by atoms with Gasteiger partial charge in [0.1, 0.15) is 13.2 Å². The molecule has 1 aromatic heterocycles. The van der Waals surface area contributed by atoms with E-state index in [0.717, 1.165) is 17.9 Å². The first-order chi connectivity index (χ1) is 11.3. The number of fused-ring (bicyclic) bond motifs is 1. The molecule has 2 N–H and O–H groups in total. The highest BCUT2D eigenvalue weighted by Gasteiger charge is 2.12. The molecule has 0 aliphatic carbocycles. The Balaban J connectivity index is 1.67. The minimum absolute atomic E-state index is 0.217. The Morgan fingerprint density at radius 1 is 1.13 bits per heavy atom. The van der Waals surface area contributed by atoms with Gasteiger partial charge in [0.25, 0.3) is 5.91 Å². The molecule has 0 atom stereocenters. The standard InChI is InChI=1S/C16H18N4O3/c1-2-7-17-16(21)12-4-6-15(20-19-12)18-11-3-5-13-14(10-11)23-9-8-22-13/h3-6,10H,2,7-9H2,1H3,(H,17,21)(H,18,20). The van der Waals surface area contributed by atoms with Crippen LogP contribution in [0.5, 0.6) is 11.5 Å². The molecule has 0 spiro atoms. The van der Waals surface area contributed by atoms with E-state index in [4.69, 9.17) is 9.47 Å². The lowest BCUT2D eigenvalue weighted by atomic mass is 10.2. The third kappa shape index (κ3) is 3.68. The SMILES string of the molecule is CCCNC(=O)c1ccc(Nc2ccc3c(c2)OCCO3)nn1. The third-order valence-corrected chi connectivity index (χ3v) is 3.25. The summed E-state index contributed by atoms with van der Waals surface area (Å²) in [5.41, 5.74) is 1.11. The molecule has 120 valence electrons. The summed E-state index contributed by atoms with van der Waals surface area (Å²) in [4.78, 5) is 11.8. The molecule has 2 heterocycles. The summed E-state index contributed by atoms with van der Waals surface area (Å²) in [6, 6.07) is 8.91. The van der Waals surface area contributed by atoms with Crippen molar-refractivity contribution in [2.75, 3.05) is 25.1 Å². The predicted molar refractivity (Wildman–Crippen MR) is 85.4 cm³/mol. The van der Waals surface area contributed by atoms with Crippen LogP contribution in [0.3, 0.4) is 0 Å². The number of anilines is 2. The van der Waals surface area contributed by atoms with Crippen LogP contribution in [-0.2, 0) is 0 Å². The van der Waals surface area contributed by atoms with Crippen LogP contribution in [0.15, 0.2) is 30.3 Å². The molecular formula is C16H18N4O3. The Morgan fingerprint density at radius 2 is 1.96 bits per heavy atom. The number of rotatable bonds is 5. The zero-order valence-electron chi connectivity index (χ0n) is 12.8. The van der Waals surface area contributed by atoms with Gasteiger partial charge in [-0.05, 0) is 30.7 Å². The minimum Gasteiger partial charge on any atom is -0.486 e. The molecular weight excluding hydrogens is 296 g/mol. The quantitative estimate of drug-likeness (QED) is 0.879. The Hall–Kier alpha value is -2.83. The number of benzene rings is 1. The van der Waals surface area contributed by atoms with Crippen LogP contribution in [0.2, 0.25) is 0 Å². The molecule has 1 aliphatic heterocycles. The lowest BCUT2D eigenvalue weighted by Crippen LogP contribution is -2.25. The number of amides is 1. The van der Waals surface area contributed by atoms with Gasteiger partial charge in [0, 0.05) is 18.3 Å². The van der Waals surface area contributed by atoms with Crippen LogP contribution in [0.4, 0.5) is 11.5 Å². The number of aromatic nitrogens is 2. The molecule has 0 fully saturated rings.